The van der Waals surface area contributed by atoms with Crippen molar-refractivity contribution in [3.05, 3.63) is 18.0 Å². The minimum Gasteiger partial charge on any atom is -0.327 e. The maximum atomic E-state index is 6.02. The third-order valence-corrected chi connectivity index (χ3v) is 2.88. The fourth-order valence-electron chi connectivity index (χ4n) is 1.72. The van der Waals surface area contributed by atoms with E-state index in [1.165, 1.54) is 18.5 Å². The van der Waals surface area contributed by atoms with Crippen LogP contribution in [0.4, 0.5) is 0 Å². The van der Waals surface area contributed by atoms with Crippen LogP contribution >= 0.6 is 0 Å². The van der Waals surface area contributed by atoms with Gasteiger partial charge < -0.3 is 5.73 Å². The van der Waals surface area contributed by atoms with Gasteiger partial charge in [0.1, 0.15) is 0 Å². The largest absolute Gasteiger partial charge is 0.327 e. The molecule has 1 saturated carbocycles. The van der Waals surface area contributed by atoms with Crippen molar-refractivity contribution in [3.8, 4) is 0 Å². The quantitative estimate of drug-likeness (QED) is 0.752. The van der Waals surface area contributed by atoms with Crippen molar-refractivity contribution in [3.63, 3.8) is 0 Å². The second-order valence-corrected chi connectivity index (χ2v) is 3.99. The number of aromatic nitrogens is 2. The summed E-state index contributed by atoms with van der Waals surface area (Å²) in [5.41, 5.74) is 7.30. The molecule has 0 aromatic carbocycles. The fraction of sp³-hybridized carbons (Fsp3) is 0.700. The molecule has 1 aliphatic carbocycles. The lowest BCUT2D eigenvalue weighted by molar-refractivity contribution is 0.537. The summed E-state index contributed by atoms with van der Waals surface area (Å²) in [4.78, 5) is 0. The molecule has 1 unspecified atom stereocenters. The van der Waals surface area contributed by atoms with Gasteiger partial charge in [0.15, 0.2) is 0 Å². The number of aryl methyl sites for hydroxylation is 2. The highest BCUT2D eigenvalue weighted by Gasteiger charge is 2.27. The van der Waals surface area contributed by atoms with Crippen molar-refractivity contribution < 1.29 is 0 Å². The Hall–Kier alpha value is -0.830. The highest BCUT2D eigenvalue weighted by molar-refractivity contribution is 5.01. The van der Waals surface area contributed by atoms with Crippen LogP contribution < -0.4 is 5.73 Å². The first-order valence-electron chi connectivity index (χ1n) is 5.00. The lowest BCUT2D eigenvalue weighted by atomic mass is 10.1. The molecule has 1 fully saturated rings. The first-order chi connectivity index (χ1) is 6.27. The van der Waals surface area contributed by atoms with Gasteiger partial charge in [-0.25, -0.2) is 0 Å². The van der Waals surface area contributed by atoms with E-state index in [1.54, 1.807) is 0 Å². The average Bonchev–Trinajstić information content (AvgIpc) is 2.88. The van der Waals surface area contributed by atoms with Gasteiger partial charge in [-0.05, 0) is 37.7 Å². The van der Waals surface area contributed by atoms with Gasteiger partial charge in [0.25, 0.3) is 0 Å². The van der Waals surface area contributed by atoms with E-state index in [4.69, 9.17) is 5.73 Å². The SMILES string of the molecule is Cn1nccc1CCC(N)C1CC1. The first-order valence-corrected chi connectivity index (χ1v) is 5.00. The highest BCUT2D eigenvalue weighted by Crippen LogP contribution is 2.33. The van der Waals surface area contributed by atoms with E-state index in [2.05, 4.69) is 11.2 Å². The summed E-state index contributed by atoms with van der Waals surface area (Å²) in [6.07, 6.45) is 6.69. The lowest BCUT2D eigenvalue weighted by Crippen LogP contribution is -2.23. The van der Waals surface area contributed by atoms with Gasteiger partial charge in [0.05, 0.1) is 0 Å². The summed E-state index contributed by atoms with van der Waals surface area (Å²) in [5.74, 6) is 0.813. The molecule has 13 heavy (non-hydrogen) atoms. The molecule has 1 heterocycles. The van der Waals surface area contributed by atoms with Crippen LogP contribution in [-0.4, -0.2) is 15.8 Å². The molecule has 1 aliphatic rings. The Labute approximate surface area is 78.9 Å². The Balaban J connectivity index is 1.81. The molecule has 0 saturated heterocycles. The molecule has 0 amide bonds. The van der Waals surface area contributed by atoms with E-state index in [9.17, 15) is 0 Å². The number of hydrogen-bond acceptors (Lipinski definition) is 2. The van der Waals surface area contributed by atoms with Crippen LogP contribution in [0.2, 0.25) is 0 Å². The smallest absolute Gasteiger partial charge is 0.0492 e. The summed E-state index contributed by atoms with van der Waals surface area (Å²) in [6, 6.07) is 2.48. The van der Waals surface area contributed by atoms with Crippen LogP contribution in [0.1, 0.15) is 25.0 Å². The van der Waals surface area contributed by atoms with Gasteiger partial charge in [0, 0.05) is 25.0 Å². The third-order valence-electron chi connectivity index (χ3n) is 2.88. The molecular weight excluding hydrogens is 162 g/mol. The van der Waals surface area contributed by atoms with Crippen LogP contribution in [0.25, 0.3) is 0 Å². The molecular formula is C10H17N3. The van der Waals surface area contributed by atoms with Gasteiger partial charge in [-0.3, -0.25) is 4.68 Å². The Morgan fingerprint density at radius 3 is 3.00 bits per heavy atom. The van der Waals surface area contributed by atoms with Crippen molar-refractivity contribution in [2.24, 2.45) is 18.7 Å². The topological polar surface area (TPSA) is 43.8 Å². The fourth-order valence-corrected chi connectivity index (χ4v) is 1.72. The number of nitrogens with zero attached hydrogens (tertiary/aromatic N) is 2. The molecule has 2 N–H and O–H groups in total. The van der Waals surface area contributed by atoms with E-state index in [0.29, 0.717) is 6.04 Å². The zero-order valence-corrected chi connectivity index (χ0v) is 8.11. The maximum Gasteiger partial charge on any atom is 0.0492 e. The molecule has 0 bridgehead atoms. The predicted octanol–water partition coefficient (Wildman–Crippen LogP) is 1.09. The minimum absolute atomic E-state index is 0.412. The van der Waals surface area contributed by atoms with Crippen LogP contribution in [0, 0.1) is 5.92 Å². The molecule has 3 heteroatoms. The van der Waals surface area contributed by atoms with E-state index in [1.807, 2.05) is 17.9 Å². The Morgan fingerprint density at radius 2 is 2.46 bits per heavy atom. The lowest BCUT2D eigenvalue weighted by Gasteiger charge is -2.09. The van der Waals surface area contributed by atoms with E-state index in [-0.39, 0.29) is 0 Å². The maximum absolute atomic E-state index is 6.02. The van der Waals surface area contributed by atoms with Gasteiger partial charge in [-0.2, -0.15) is 5.10 Å². The second kappa shape index (κ2) is 3.50. The average molecular weight is 179 g/mol. The summed E-state index contributed by atoms with van der Waals surface area (Å²) in [5, 5.41) is 4.13. The van der Waals surface area contributed by atoms with Crippen molar-refractivity contribution in [2.45, 2.75) is 31.7 Å². The van der Waals surface area contributed by atoms with Crippen LogP contribution in [-0.2, 0) is 13.5 Å². The molecule has 1 aromatic heterocycles. The zero-order valence-electron chi connectivity index (χ0n) is 8.11. The summed E-state index contributed by atoms with van der Waals surface area (Å²) >= 11 is 0. The minimum atomic E-state index is 0.412. The molecule has 2 rings (SSSR count). The molecule has 72 valence electrons. The molecule has 0 radical (unpaired) electrons. The summed E-state index contributed by atoms with van der Waals surface area (Å²) < 4.78 is 1.93. The van der Waals surface area contributed by atoms with Crippen molar-refractivity contribution >= 4 is 0 Å². The van der Waals surface area contributed by atoms with E-state index in [0.717, 1.165) is 18.8 Å². The molecule has 0 aliphatic heterocycles. The Kier molecular flexibility index (Phi) is 2.36. The van der Waals surface area contributed by atoms with E-state index < -0.39 is 0 Å². The van der Waals surface area contributed by atoms with Gasteiger partial charge in [-0.1, -0.05) is 0 Å². The van der Waals surface area contributed by atoms with Gasteiger partial charge in [-0.15, -0.1) is 0 Å². The number of nitrogens with two attached hydrogens (primary N) is 1. The normalized spacial score (nSPS) is 18.9. The van der Waals surface area contributed by atoms with E-state index >= 15 is 0 Å². The summed E-state index contributed by atoms with van der Waals surface area (Å²) in [6.45, 7) is 0. The molecule has 0 spiro atoms. The van der Waals surface area contributed by atoms with Crippen molar-refractivity contribution in [1.82, 2.24) is 9.78 Å². The van der Waals surface area contributed by atoms with Gasteiger partial charge in [0.2, 0.25) is 0 Å². The Morgan fingerprint density at radius 1 is 1.69 bits per heavy atom. The van der Waals surface area contributed by atoms with Gasteiger partial charge >= 0.3 is 0 Å². The zero-order chi connectivity index (χ0) is 9.26. The standard InChI is InChI=1S/C10H17N3/c1-13-9(6-7-12-13)4-5-10(11)8-2-3-8/h6-8,10H,2-5,11H2,1H3. The third kappa shape index (κ3) is 2.10. The molecule has 1 atom stereocenters. The molecule has 1 aromatic rings. The number of rotatable bonds is 4. The summed E-state index contributed by atoms with van der Waals surface area (Å²) in [7, 11) is 1.98. The van der Waals surface area contributed by atoms with Crippen LogP contribution in [0.15, 0.2) is 12.3 Å². The number of hydrogen-bond donors (Lipinski definition) is 1. The second-order valence-electron chi connectivity index (χ2n) is 3.99. The highest BCUT2D eigenvalue weighted by atomic mass is 15.2. The monoisotopic (exact) mass is 179 g/mol. The molecule has 3 nitrogen and oxygen atoms in total. The Bertz CT molecular complexity index is 275. The van der Waals surface area contributed by atoms with Crippen LogP contribution in [0.3, 0.4) is 0 Å². The first kappa shape index (κ1) is 8.75. The van der Waals surface area contributed by atoms with Crippen LogP contribution in [0.5, 0.6) is 0 Å². The van der Waals surface area contributed by atoms with Crippen molar-refractivity contribution in [2.75, 3.05) is 0 Å². The van der Waals surface area contributed by atoms with Crippen molar-refractivity contribution in [1.29, 1.82) is 0 Å². The predicted molar refractivity (Wildman–Crippen MR) is 52.2 cm³/mol.